The summed E-state index contributed by atoms with van der Waals surface area (Å²) in [7, 11) is 0. The highest BCUT2D eigenvalue weighted by Gasteiger charge is 2.16. The van der Waals surface area contributed by atoms with Gasteiger partial charge < -0.3 is 10.2 Å². The van der Waals surface area contributed by atoms with E-state index in [0.717, 1.165) is 13.1 Å². The van der Waals surface area contributed by atoms with Crippen LogP contribution in [0.3, 0.4) is 0 Å². The summed E-state index contributed by atoms with van der Waals surface area (Å²) in [6.45, 7) is 20.0. The molecule has 1 heterocycles. The van der Waals surface area contributed by atoms with Gasteiger partial charge in [0.05, 0.1) is 0 Å². The molecule has 19 heavy (non-hydrogen) atoms. The van der Waals surface area contributed by atoms with Gasteiger partial charge in [-0.2, -0.15) is 0 Å². The predicted molar refractivity (Wildman–Crippen MR) is 83.8 cm³/mol. The number of hydrogen-bond acceptors (Lipinski definition) is 4. The lowest BCUT2D eigenvalue weighted by atomic mass is 10.3. The average molecular weight is 270 g/mol. The van der Waals surface area contributed by atoms with E-state index in [-0.39, 0.29) is 0 Å². The highest BCUT2D eigenvalue weighted by Crippen LogP contribution is 2.01. The standard InChI is InChI=1S/C15H34N4/c1-4-8-17(6-3)10-11-19-14-12-18(13-15-19)9-7-16-5-2/h16H,4-15H2,1-3H3. The summed E-state index contributed by atoms with van der Waals surface area (Å²) in [5.41, 5.74) is 0. The fraction of sp³-hybridized carbons (Fsp3) is 1.00. The van der Waals surface area contributed by atoms with Crippen molar-refractivity contribution in [2.45, 2.75) is 27.2 Å². The summed E-state index contributed by atoms with van der Waals surface area (Å²) in [6.07, 6.45) is 1.27. The van der Waals surface area contributed by atoms with E-state index in [1.54, 1.807) is 0 Å². The minimum atomic E-state index is 1.09. The maximum Gasteiger partial charge on any atom is 0.0110 e. The molecule has 1 N–H and O–H groups in total. The topological polar surface area (TPSA) is 21.8 Å². The van der Waals surface area contributed by atoms with Gasteiger partial charge in [0.2, 0.25) is 0 Å². The van der Waals surface area contributed by atoms with Crippen LogP contribution in [0.4, 0.5) is 0 Å². The Morgan fingerprint density at radius 2 is 1.53 bits per heavy atom. The Morgan fingerprint density at radius 3 is 2.05 bits per heavy atom. The highest BCUT2D eigenvalue weighted by atomic mass is 15.3. The Kier molecular flexibility index (Phi) is 9.43. The maximum atomic E-state index is 3.41. The first-order chi connectivity index (χ1) is 9.30. The minimum absolute atomic E-state index is 1.09. The van der Waals surface area contributed by atoms with Gasteiger partial charge in [-0.05, 0) is 26.1 Å². The molecule has 1 aliphatic rings. The van der Waals surface area contributed by atoms with Crippen LogP contribution in [0.5, 0.6) is 0 Å². The Balaban J connectivity index is 2.09. The van der Waals surface area contributed by atoms with E-state index in [2.05, 4.69) is 40.8 Å². The minimum Gasteiger partial charge on any atom is -0.316 e. The lowest BCUT2D eigenvalue weighted by Gasteiger charge is -2.35. The lowest BCUT2D eigenvalue weighted by Crippen LogP contribution is -2.49. The molecule has 4 nitrogen and oxygen atoms in total. The van der Waals surface area contributed by atoms with Gasteiger partial charge in [0.1, 0.15) is 0 Å². The SMILES string of the molecule is CCCN(CC)CCN1CCN(CCNCC)CC1. The number of nitrogens with one attached hydrogen (secondary N) is 1. The third kappa shape index (κ3) is 7.25. The van der Waals surface area contributed by atoms with Gasteiger partial charge in [0, 0.05) is 52.4 Å². The van der Waals surface area contributed by atoms with Crippen molar-refractivity contribution in [2.75, 3.05) is 72.0 Å². The predicted octanol–water partition coefficient (Wildman–Crippen LogP) is 0.945. The van der Waals surface area contributed by atoms with E-state index in [1.165, 1.54) is 65.3 Å². The van der Waals surface area contributed by atoms with Gasteiger partial charge in [-0.25, -0.2) is 0 Å². The molecule has 0 spiro atoms. The second kappa shape index (κ2) is 10.6. The van der Waals surface area contributed by atoms with Crippen molar-refractivity contribution < 1.29 is 0 Å². The van der Waals surface area contributed by atoms with Crippen molar-refractivity contribution in [3.05, 3.63) is 0 Å². The number of piperazine rings is 1. The molecule has 0 aromatic carbocycles. The molecule has 0 saturated carbocycles. The molecule has 0 aliphatic carbocycles. The molecule has 1 saturated heterocycles. The van der Waals surface area contributed by atoms with Crippen molar-refractivity contribution in [2.24, 2.45) is 0 Å². The fourth-order valence-corrected chi connectivity index (χ4v) is 2.68. The van der Waals surface area contributed by atoms with Crippen LogP contribution < -0.4 is 5.32 Å². The molecule has 0 atom stereocenters. The monoisotopic (exact) mass is 270 g/mol. The van der Waals surface area contributed by atoms with Crippen LogP contribution in [0.25, 0.3) is 0 Å². The molecular weight excluding hydrogens is 236 g/mol. The molecule has 0 bridgehead atoms. The van der Waals surface area contributed by atoms with Crippen LogP contribution in [-0.2, 0) is 0 Å². The number of rotatable bonds is 10. The van der Waals surface area contributed by atoms with E-state index in [1.807, 2.05) is 0 Å². The van der Waals surface area contributed by atoms with E-state index in [4.69, 9.17) is 0 Å². The average Bonchev–Trinajstić information content (AvgIpc) is 2.45. The molecule has 0 unspecified atom stereocenters. The summed E-state index contributed by atoms with van der Waals surface area (Å²) < 4.78 is 0. The quantitative estimate of drug-likeness (QED) is 0.597. The first kappa shape index (κ1) is 16.9. The summed E-state index contributed by atoms with van der Waals surface area (Å²) in [5, 5.41) is 3.41. The third-order valence-electron chi connectivity index (χ3n) is 4.04. The smallest absolute Gasteiger partial charge is 0.0110 e. The van der Waals surface area contributed by atoms with Crippen LogP contribution in [0.15, 0.2) is 0 Å². The van der Waals surface area contributed by atoms with Crippen molar-refractivity contribution in [1.29, 1.82) is 0 Å². The summed E-state index contributed by atoms with van der Waals surface area (Å²) in [5.74, 6) is 0. The zero-order valence-corrected chi connectivity index (χ0v) is 13.3. The molecule has 1 fully saturated rings. The molecular formula is C15H34N4. The van der Waals surface area contributed by atoms with Crippen molar-refractivity contribution in [3.8, 4) is 0 Å². The maximum absolute atomic E-state index is 3.41. The van der Waals surface area contributed by atoms with Gasteiger partial charge in [-0.15, -0.1) is 0 Å². The highest BCUT2D eigenvalue weighted by molar-refractivity contribution is 4.73. The summed E-state index contributed by atoms with van der Waals surface area (Å²) >= 11 is 0. The van der Waals surface area contributed by atoms with Crippen LogP contribution >= 0.6 is 0 Å². The molecule has 0 aromatic rings. The molecule has 0 aromatic heterocycles. The Labute approximate surface area is 120 Å². The first-order valence-corrected chi connectivity index (χ1v) is 8.17. The van der Waals surface area contributed by atoms with Gasteiger partial charge in [-0.3, -0.25) is 9.80 Å². The Bertz CT molecular complexity index is 202. The summed E-state index contributed by atoms with van der Waals surface area (Å²) in [4.78, 5) is 7.78. The normalized spacial score (nSPS) is 18.3. The van der Waals surface area contributed by atoms with E-state index >= 15 is 0 Å². The van der Waals surface area contributed by atoms with E-state index < -0.39 is 0 Å². The van der Waals surface area contributed by atoms with Crippen molar-refractivity contribution >= 4 is 0 Å². The number of likely N-dealkylation sites (N-methyl/N-ethyl adjacent to an activating group) is 2. The molecule has 114 valence electrons. The number of hydrogen-bond donors (Lipinski definition) is 1. The van der Waals surface area contributed by atoms with Crippen LogP contribution in [0.2, 0.25) is 0 Å². The summed E-state index contributed by atoms with van der Waals surface area (Å²) in [6, 6.07) is 0. The zero-order chi connectivity index (χ0) is 13.9. The lowest BCUT2D eigenvalue weighted by molar-refractivity contribution is 0.120. The van der Waals surface area contributed by atoms with Crippen LogP contribution in [-0.4, -0.2) is 86.7 Å². The molecule has 1 aliphatic heterocycles. The van der Waals surface area contributed by atoms with Crippen molar-refractivity contribution in [1.82, 2.24) is 20.0 Å². The van der Waals surface area contributed by atoms with Crippen LogP contribution in [0.1, 0.15) is 27.2 Å². The van der Waals surface area contributed by atoms with Crippen molar-refractivity contribution in [3.63, 3.8) is 0 Å². The second-order valence-electron chi connectivity index (χ2n) is 5.47. The molecule has 0 amide bonds. The second-order valence-corrected chi connectivity index (χ2v) is 5.47. The molecule has 1 rings (SSSR count). The first-order valence-electron chi connectivity index (χ1n) is 8.17. The number of nitrogens with zero attached hydrogens (tertiary/aromatic N) is 3. The molecule has 0 radical (unpaired) electrons. The van der Waals surface area contributed by atoms with Crippen LogP contribution in [0, 0.1) is 0 Å². The fourth-order valence-electron chi connectivity index (χ4n) is 2.68. The molecule has 4 heteroatoms. The van der Waals surface area contributed by atoms with E-state index in [0.29, 0.717) is 0 Å². The van der Waals surface area contributed by atoms with Gasteiger partial charge in [0.15, 0.2) is 0 Å². The van der Waals surface area contributed by atoms with Gasteiger partial charge >= 0.3 is 0 Å². The Hall–Kier alpha value is -0.160. The largest absolute Gasteiger partial charge is 0.316 e. The Morgan fingerprint density at radius 1 is 0.895 bits per heavy atom. The van der Waals surface area contributed by atoms with Gasteiger partial charge in [-0.1, -0.05) is 20.8 Å². The third-order valence-corrected chi connectivity index (χ3v) is 4.04. The van der Waals surface area contributed by atoms with E-state index in [9.17, 15) is 0 Å². The zero-order valence-electron chi connectivity index (χ0n) is 13.3. The van der Waals surface area contributed by atoms with Gasteiger partial charge in [0.25, 0.3) is 0 Å².